The van der Waals surface area contributed by atoms with Gasteiger partial charge in [-0.1, -0.05) is 11.6 Å². The highest BCUT2D eigenvalue weighted by Crippen LogP contribution is 2.36. The molecule has 1 fully saturated rings. The summed E-state index contributed by atoms with van der Waals surface area (Å²) in [6.45, 7) is 7.89. The minimum atomic E-state index is -1.17. The van der Waals surface area contributed by atoms with Crippen LogP contribution in [0.5, 0.6) is 0 Å². The number of aromatic nitrogens is 1. The minimum Gasteiger partial charge on any atom is -0.399 e. The number of nitrogens with zero attached hydrogens (tertiary/aromatic N) is 1. The van der Waals surface area contributed by atoms with Gasteiger partial charge in [0.1, 0.15) is 5.03 Å². The van der Waals surface area contributed by atoms with Gasteiger partial charge in [-0.2, -0.15) is 0 Å². The summed E-state index contributed by atoms with van der Waals surface area (Å²) < 4.78 is 23.4. The summed E-state index contributed by atoms with van der Waals surface area (Å²) in [6, 6.07) is 1.68. The van der Waals surface area contributed by atoms with Gasteiger partial charge >= 0.3 is 7.12 Å². The Hall–Kier alpha value is -0.425. The van der Waals surface area contributed by atoms with Gasteiger partial charge < -0.3 is 9.31 Å². The zero-order chi connectivity index (χ0) is 14.4. The Labute approximate surface area is 121 Å². The van der Waals surface area contributed by atoms with Gasteiger partial charge in [0, 0.05) is 17.9 Å². The third-order valence-electron chi connectivity index (χ3n) is 3.66. The molecule has 1 aromatic rings. The predicted molar refractivity (Wildman–Crippen MR) is 77.3 cm³/mol. The Bertz CT molecular complexity index is 520. The molecule has 2 heterocycles. The Morgan fingerprint density at radius 2 is 1.79 bits per heavy atom. The molecule has 0 bridgehead atoms. The molecule has 0 spiro atoms. The molecular weight excluding hydrogens is 284 g/mol. The Balaban J connectivity index is 2.39. The van der Waals surface area contributed by atoms with E-state index in [2.05, 4.69) is 4.98 Å². The van der Waals surface area contributed by atoms with Crippen LogP contribution in [-0.2, 0) is 20.1 Å². The van der Waals surface area contributed by atoms with Crippen molar-refractivity contribution < 1.29 is 13.5 Å². The first-order chi connectivity index (χ1) is 8.64. The second-order valence-electron chi connectivity index (χ2n) is 5.59. The maximum Gasteiger partial charge on any atom is 0.496 e. The number of hydrogen-bond acceptors (Lipinski definition) is 4. The molecule has 0 amide bonds. The van der Waals surface area contributed by atoms with Gasteiger partial charge in [0.15, 0.2) is 0 Å². The monoisotopic (exact) mass is 301 g/mol. The van der Waals surface area contributed by atoms with E-state index in [0.29, 0.717) is 15.5 Å². The number of hydrogen-bond donors (Lipinski definition) is 0. The van der Waals surface area contributed by atoms with E-state index in [0.717, 1.165) is 0 Å². The highest BCUT2D eigenvalue weighted by molar-refractivity contribution is 7.84. The topological polar surface area (TPSA) is 48.4 Å². The molecule has 0 aromatic carbocycles. The molecule has 1 atom stereocenters. The number of halogens is 1. The van der Waals surface area contributed by atoms with Crippen molar-refractivity contribution in [3.8, 4) is 0 Å². The predicted octanol–water partition coefficient (Wildman–Crippen LogP) is 1.77. The van der Waals surface area contributed by atoms with E-state index in [1.54, 1.807) is 12.3 Å². The zero-order valence-electron chi connectivity index (χ0n) is 11.7. The van der Waals surface area contributed by atoms with E-state index in [4.69, 9.17) is 20.9 Å². The lowest BCUT2D eigenvalue weighted by Crippen LogP contribution is -2.41. The summed E-state index contributed by atoms with van der Waals surface area (Å²) in [5.41, 5.74) is -0.202. The summed E-state index contributed by atoms with van der Waals surface area (Å²) in [4.78, 5) is 4.04. The average Bonchev–Trinajstić information content (AvgIpc) is 2.48. The van der Waals surface area contributed by atoms with Crippen molar-refractivity contribution in [3.63, 3.8) is 0 Å². The van der Waals surface area contributed by atoms with Gasteiger partial charge in [-0.15, -0.1) is 0 Å². The second kappa shape index (κ2) is 4.84. The molecule has 0 aliphatic carbocycles. The van der Waals surface area contributed by atoms with Gasteiger partial charge in [0.05, 0.1) is 27.0 Å². The lowest BCUT2D eigenvalue weighted by Gasteiger charge is -2.32. The van der Waals surface area contributed by atoms with Crippen LogP contribution in [0.4, 0.5) is 0 Å². The highest BCUT2D eigenvalue weighted by atomic mass is 35.5. The Morgan fingerprint density at radius 3 is 2.26 bits per heavy atom. The quantitative estimate of drug-likeness (QED) is 0.781. The van der Waals surface area contributed by atoms with Crippen molar-refractivity contribution in [2.75, 3.05) is 6.26 Å². The molecule has 1 saturated heterocycles. The molecule has 1 unspecified atom stereocenters. The van der Waals surface area contributed by atoms with Crippen LogP contribution < -0.4 is 5.46 Å². The molecule has 0 N–H and O–H groups in total. The largest absolute Gasteiger partial charge is 0.496 e. The van der Waals surface area contributed by atoms with Crippen LogP contribution in [0.25, 0.3) is 0 Å². The summed E-state index contributed by atoms with van der Waals surface area (Å²) in [5, 5.41) is 0.918. The fraction of sp³-hybridized carbons (Fsp3) is 0.583. The lowest BCUT2D eigenvalue weighted by atomic mass is 9.80. The zero-order valence-corrected chi connectivity index (χ0v) is 13.3. The van der Waals surface area contributed by atoms with Crippen molar-refractivity contribution in [3.05, 3.63) is 17.3 Å². The maximum atomic E-state index is 11.5. The molecule has 0 saturated carbocycles. The first-order valence-corrected chi connectivity index (χ1v) is 7.92. The number of pyridine rings is 1. The molecule has 104 valence electrons. The van der Waals surface area contributed by atoms with Gasteiger partial charge in [-0.05, 0) is 33.8 Å². The van der Waals surface area contributed by atoms with Crippen LogP contribution >= 0.6 is 11.6 Å². The molecule has 7 heteroatoms. The van der Waals surface area contributed by atoms with E-state index in [-0.39, 0.29) is 0 Å². The van der Waals surface area contributed by atoms with E-state index in [1.165, 1.54) is 6.20 Å². The fourth-order valence-corrected chi connectivity index (χ4v) is 2.43. The Kier molecular flexibility index (Phi) is 3.82. The molecule has 1 aliphatic rings. The smallest absolute Gasteiger partial charge is 0.399 e. The van der Waals surface area contributed by atoms with Crippen LogP contribution in [-0.4, -0.2) is 33.8 Å². The van der Waals surface area contributed by atoms with E-state index in [1.807, 2.05) is 27.7 Å². The van der Waals surface area contributed by atoms with E-state index >= 15 is 0 Å². The van der Waals surface area contributed by atoms with Gasteiger partial charge in [-0.25, -0.2) is 4.98 Å². The molecule has 19 heavy (non-hydrogen) atoms. The fourth-order valence-electron chi connectivity index (χ4n) is 1.74. The molecule has 1 aliphatic heterocycles. The average molecular weight is 302 g/mol. The van der Waals surface area contributed by atoms with Crippen LogP contribution in [0.15, 0.2) is 17.3 Å². The third kappa shape index (κ3) is 2.72. The summed E-state index contributed by atoms with van der Waals surface area (Å²) in [6.07, 6.45) is 3.06. The standard InChI is InChI=1S/C12H17BClNO3S/c1-11(2)12(3,4)18-13(17-11)8-6-10(19(5)16)15-7-9(8)14/h6-7H,1-5H3. The Morgan fingerprint density at radius 1 is 1.26 bits per heavy atom. The highest BCUT2D eigenvalue weighted by Gasteiger charge is 2.52. The van der Waals surface area contributed by atoms with Crippen LogP contribution in [0, 0.1) is 0 Å². The van der Waals surface area contributed by atoms with Crippen molar-refractivity contribution in [2.45, 2.75) is 43.9 Å². The molecule has 0 radical (unpaired) electrons. The minimum absolute atomic E-state index is 0.435. The van der Waals surface area contributed by atoms with Gasteiger partial charge in [-0.3, -0.25) is 4.21 Å². The normalized spacial score (nSPS) is 22.5. The SMILES string of the molecule is CS(=O)c1cc(B2OC(C)(C)C(C)(C)O2)c(Cl)cn1. The van der Waals surface area contributed by atoms with E-state index in [9.17, 15) is 4.21 Å². The summed E-state index contributed by atoms with van der Waals surface area (Å²) in [5.74, 6) is 0. The van der Waals surface area contributed by atoms with Crippen LogP contribution in [0.2, 0.25) is 5.02 Å². The van der Waals surface area contributed by atoms with Crippen LogP contribution in [0.1, 0.15) is 27.7 Å². The first-order valence-electron chi connectivity index (χ1n) is 5.98. The van der Waals surface area contributed by atoms with Crippen molar-refractivity contribution in [1.29, 1.82) is 0 Å². The third-order valence-corrected chi connectivity index (χ3v) is 4.79. The first kappa shape index (κ1) is 15.0. The molecule has 4 nitrogen and oxygen atoms in total. The summed E-state index contributed by atoms with van der Waals surface area (Å²) >= 11 is 6.15. The second-order valence-corrected chi connectivity index (χ2v) is 7.32. The maximum absolute atomic E-state index is 11.5. The van der Waals surface area contributed by atoms with Crippen molar-refractivity contribution in [1.82, 2.24) is 4.98 Å². The summed E-state index contributed by atoms with van der Waals surface area (Å²) in [7, 11) is -1.73. The molecule has 1 aromatic heterocycles. The van der Waals surface area contributed by atoms with Crippen molar-refractivity contribution in [2.24, 2.45) is 0 Å². The van der Waals surface area contributed by atoms with Crippen molar-refractivity contribution >= 4 is 35.0 Å². The van der Waals surface area contributed by atoms with Gasteiger partial charge in [0.25, 0.3) is 0 Å². The lowest BCUT2D eigenvalue weighted by molar-refractivity contribution is 0.00578. The molecule has 2 rings (SSSR count). The van der Waals surface area contributed by atoms with Gasteiger partial charge in [0.2, 0.25) is 0 Å². The molecular formula is C12H17BClNO3S. The van der Waals surface area contributed by atoms with E-state index < -0.39 is 29.1 Å². The van der Waals surface area contributed by atoms with Crippen LogP contribution in [0.3, 0.4) is 0 Å². The number of rotatable bonds is 2.